The maximum absolute atomic E-state index is 13.1. The highest BCUT2D eigenvalue weighted by Crippen LogP contribution is 2.18. The summed E-state index contributed by atoms with van der Waals surface area (Å²) in [5, 5.41) is 13.1. The standard InChI is InChI=1S/C13H15FN2O4/c1-2-3-7-20-8-6-15-13(17)10-4-5-11(14)12(9-10)16(18)19/h2,4-5,9H,1,3,6-8H2,(H,15,17). The second-order valence-corrected chi connectivity index (χ2v) is 3.87. The molecule has 0 aromatic heterocycles. The number of ether oxygens (including phenoxy) is 1. The molecule has 1 rings (SSSR count). The van der Waals surface area contributed by atoms with Gasteiger partial charge in [-0.25, -0.2) is 0 Å². The van der Waals surface area contributed by atoms with E-state index in [1.807, 2.05) is 0 Å². The van der Waals surface area contributed by atoms with Crippen molar-refractivity contribution in [2.24, 2.45) is 0 Å². The first kappa shape index (κ1) is 15.8. The molecule has 1 amide bonds. The van der Waals surface area contributed by atoms with Crippen molar-refractivity contribution in [1.29, 1.82) is 0 Å². The number of nitrogens with one attached hydrogen (secondary N) is 1. The van der Waals surface area contributed by atoms with Crippen molar-refractivity contribution in [3.8, 4) is 0 Å². The Hall–Kier alpha value is -2.28. The molecular formula is C13H15FN2O4. The van der Waals surface area contributed by atoms with Gasteiger partial charge in [-0.2, -0.15) is 4.39 Å². The molecule has 108 valence electrons. The Bertz CT molecular complexity index is 505. The first-order chi connectivity index (χ1) is 9.56. The molecule has 0 aliphatic rings. The maximum atomic E-state index is 13.1. The van der Waals surface area contributed by atoms with Gasteiger partial charge < -0.3 is 10.1 Å². The number of benzene rings is 1. The van der Waals surface area contributed by atoms with Gasteiger partial charge in [0.2, 0.25) is 5.82 Å². The van der Waals surface area contributed by atoms with E-state index in [1.165, 1.54) is 6.07 Å². The largest absolute Gasteiger partial charge is 0.379 e. The molecule has 6 nitrogen and oxygen atoms in total. The normalized spacial score (nSPS) is 10.1. The first-order valence-electron chi connectivity index (χ1n) is 5.97. The van der Waals surface area contributed by atoms with Gasteiger partial charge in [-0.1, -0.05) is 6.08 Å². The number of carbonyl (C=O) groups is 1. The van der Waals surface area contributed by atoms with Crippen molar-refractivity contribution in [3.05, 3.63) is 52.3 Å². The summed E-state index contributed by atoms with van der Waals surface area (Å²) in [5.74, 6) is -1.49. The lowest BCUT2D eigenvalue weighted by atomic mass is 10.2. The van der Waals surface area contributed by atoms with Gasteiger partial charge in [0.1, 0.15) is 0 Å². The zero-order valence-corrected chi connectivity index (χ0v) is 10.8. The molecule has 0 saturated carbocycles. The number of nitro benzene ring substituents is 1. The van der Waals surface area contributed by atoms with Crippen LogP contribution in [0.15, 0.2) is 30.9 Å². The SMILES string of the molecule is C=CCCOCCNC(=O)c1ccc(F)c([N+](=O)[O-])c1. The summed E-state index contributed by atoms with van der Waals surface area (Å²) in [7, 11) is 0. The summed E-state index contributed by atoms with van der Waals surface area (Å²) in [4.78, 5) is 21.4. The number of nitro groups is 1. The number of amides is 1. The van der Waals surface area contributed by atoms with Crippen LogP contribution in [0.5, 0.6) is 0 Å². The van der Waals surface area contributed by atoms with Crippen LogP contribution in [0.25, 0.3) is 0 Å². The van der Waals surface area contributed by atoms with Crippen molar-refractivity contribution in [2.75, 3.05) is 19.8 Å². The number of halogens is 1. The van der Waals surface area contributed by atoms with E-state index < -0.39 is 22.3 Å². The minimum Gasteiger partial charge on any atom is -0.379 e. The summed E-state index contributed by atoms with van der Waals surface area (Å²) >= 11 is 0. The van der Waals surface area contributed by atoms with Gasteiger partial charge in [0.25, 0.3) is 5.91 Å². The van der Waals surface area contributed by atoms with Gasteiger partial charge in [0, 0.05) is 18.2 Å². The average Bonchev–Trinajstić information content (AvgIpc) is 2.42. The molecule has 20 heavy (non-hydrogen) atoms. The Kier molecular flexibility index (Phi) is 6.31. The molecule has 0 heterocycles. The monoisotopic (exact) mass is 282 g/mol. The van der Waals surface area contributed by atoms with Crippen LogP contribution in [0.2, 0.25) is 0 Å². The van der Waals surface area contributed by atoms with Crippen molar-refractivity contribution in [2.45, 2.75) is 6.42 Å². The molecule has 0 bridgehead atoms. The molecule has 0 aliphatic carbocycles. The second kappa shape index (κ2) is 8.00. The third kappa shape index (κ3) is 4.77. The second-order valence-electron chi connectivity index (χ2n) is 3.87. The smallest absolute Gasteiger partial charge is 0.305 e. The van der Waals surface area contributed by atoms with Crippen molar-refractivity contribution >= 4 is 11.6 Å². The number of carbonyl (C=O) groups excluding carboxylic acids is 1. The van der Waals surface area contributed by atoms with E-state index in [0.717, 1.165) is 18.6 Å². The van der Waals surface area contributed by atoms with E-state index >= 15 is 0 Å². The van der Waals surface area contributed by atoms with Crippen LogP contribution in [0.4, 0.5) is 10.1 Å². The Morgan fingerprint density at radius 2 is 2.25 bits per heavy atom. The summed E-state index contributed by atoms with van der Waals surface area (Å²) in [6.07, 6.45) is 2.44. The molecule has 0 fully saturated rings. The molecule has 0 radical (unpaired) electrons. The summed E-state index contributed by atoms with van der Waals surface area (Å²) in [5.41, 5.74) is -0.691. The van der Waals surface area contributed by atoms with Gasteiger partial charge in [0.05, 0.1) is 18.1 Å². The van der Waals surface area contributed by atoms with Crippen LogP contribution in [0, 0.1) is 15.9 Å². The Morgan fingerprint density at radius 1 is 1.50 bits per heavy atom. The molecule has 1 aromatic rings. The number of hydrogen-bond acceptors (Lipinski definition) is 4. The predicted molar refractivity (Wildman–Crippen MR) is 71.0 cm³/mol. The highest BCUT2D eigenvalue weighted by atomic mass is 19.1. The van der Waals surface area contributed by atoms with Crippen molar-refractivity contribution < 1.29 is 18.8 Å². The Labute approximate surface area is 115 Å². The van der Waals surface area contributed by atoms with Crippen LogP contribution in [-0.2, 0) is 4.74 Å². The van der Waals surface area contributed by atoms with E-state index in [4.69, 9.17) is 4.74 Å². The van der Waals surface area contributed by atoms with Crippen molar-refractivity contribution in [1.82, 2.24) is 5.32 Å². The number of nitrogens with zero attached hydrogens (tertiary/aromatic N) is 1. The third-order valence-electron chi connectivity index (χ3n) is 2.40. The lowest BCUT2D eigenvalue weighted by molar-refractivity contribution is -0.387. The fourth-order valence-electron chi connectivity index (χ4n) is 1.40. The molecule has 1 N–H and O–H groups in total. The summed E-state index contributed by atoms with van der Waals surface area (Å²) in [6, 6.07) is 2.99. The first-order valence-corrected chi connectivity index (χ1v) is 5.97. The van der Waals surface area contributed by atoms with E-state index in [-0.39, 0.29) is 12.1 Å². The predicted octanol–water partition coefficient (Wildman–Crippen LogP) is 2.06. The fraction of sp³-hybridized carbons (Fsp3) is 0.308. The van der Waals surface area contributed by atoms with Crippen molar-refractivity contribution in [3.63, 3.8) is 0 Å². The van der Waals surface area contributed by atoms with Crippen LogP contribution >= 0.6 is 0 Å². The molecule has 0 saturated heterocycles. The van der Waals surface area contributed by atoms with Crippen LogP contribution < -0.4 is 5.32 Å². The molecule has 0 unspecified atom stereocenters. The lowest BCUT2D eigenvalue weighted by Crippen LogP contribution is -2.27. The zero-order valence-electron chi connectivity index (χ0n) is 10.8. The average molecular weight is 282 g/mol. The van der Waals surface area contributed by atoms with E-state index in [9.17, 15) is 19.3 Å². The van der Waals surface area contributed by atoms with Gasteiger partial charge in [0.15, 0.2) is 0 Å². The van der Waals surface area contributed by atoms with Crippen LogP contribution in [0.3, 0.4) is 0 Å². The molecular weight excluding hydrogens is 267 g/mol. The van der Waals surface area contributed by atoms with Gasteiger partial charge in [-0.05, 0) is 18.6 Å². The summed E-state index contributed by atoms with van der Waals surface area (Å²) < 4.78 is 18.3. The molecule has 0 aliphatic heterocycles. The number of hydrogen-bond donors (Lipinski definition) is 1. The highest BCUT2D eigenvalue weighted by Gasteiger charge is 2.17. The van der Waals surface area contributed by atoms with E-state index in [2.05, 4.69) is 11.9 Å². The minimum atomic E-state index is -0.973. The summed E-state index contributed by atoms with van der Waals surface area (Å²) in [6.45, 7) is 4.64. The van der Waals surface area contributed by atoms with E-state index in [1.54, 1.807) is 6.08 Å². The Morgan fingerprint density at radius 3 is 2.90 bits per heavy atom. The maximum Gasteiger partial charge on any atom is 0.305 e. The van der Waals surface area contributed by atoms with Crippen LogP contribution in [0.1, 0.15) is 16.8 Å². The molecule has 1 aromatic carbocycles. The van der Waals surface area contributed by atoms with E-state index in [0.29, 0.717) is 13.2 Å². The highest BCUT2D eigenvalue weighted by molar-refractivity contribution is 5.94. The zero-order chi connectivity index (χ0) is 15.0. The molecule has 0 spiro atoms. The van der Waals surface area contributed by atoms with Crippen LogP contribution in [-0.4, -0.2) is 30.6 Å². The molecule has 7 heteroatoms. The minimum absolute atomic E-state index is 0.0317. The van der Waals surface area contributed by atoms with Gasteiger partial charge in [-0.3, -0.25) is 14.9 Å². The quantitative estimate of drug-likeness (QED) is 0.342. The molecule has 0 atom stereocenters. The number of rotatable bonds is 8. The topological polar surface area (TPSA) is 81.5 Å². The van der Waals surface area contributed by atoms with Gasteiger partial charge >= 0.3 is 5.69 Å². The third-order valence-corrected chi connectivity index (χ3v) is 2.40. The lowest BCUT2D eigenvalue weighted by Gasteiger charge is -2.06. The Balaban J connectivity index is 2.49. The van der Waals surface area contributed by atoms with Gasteiger partial charge in [-0.15, -0.1) is 6.58 Å². The fourth-order valence-corrected chi connectivity index (χ4v) is 1.40.